The standard InChI is InChI=1S/C13H26O/c1-3-5-6-8-11(4-2)12-9-7-10-13(12)14/h11-14H,3-10H2,1-2H3/t11-,12-,13+/m1/s1. The lowest BCUT2D eigenvalue weighted by atomic mass is 9.83. The Morgan fingerprint density at radius 2 is 2.00 bits per heavy atom. The van der Waals surface area contributed by atoms with Crippen molar-refractivity contribution in [3.63, 3.8) is 0 Å². The molecule has 1 N–H and O–H groups in total. The molecule has 0 aromatic carbocycles. The first kappa shape index (κ1) is 12.0. The molecule has 84 valence electrons. The third-order valence-electron chi connectivity index (χ3n) is 3.84. The Morgan fingerprint density at radius 1 is 1.21 bits per heavy atom. The number of unbranched alkanes of at least 4 members (excludes halogenated alkanes) is 2. The van der Waals surface area contributed by atoms with E-state index in [1.807, 2.05) is 0 Å². The van der Waals surface area contributed by atoms with Crippen molar-refractivity contribution >= 4 is 0 Å². The molecule has 1 heteroatoms. The van der Waals surface area contributed by atoms with Gasteiger partial charge in [0, 0.05) is 0 Å². The second-order valence-corrected chi connectivity index (χ2v) is 4.83. The Bertz CT molecular complexity index is 144. The lowest BCUT2D eigenvalue weighted by Crippen LogP contribution is -2.22. The molecule has 0 unspecified atom stereocenters. The molecule has 3 atom stereocenters. The first-order valence-electron chi connectivity index (χ1n) is 6.47. The van der Waals surface area contributed by atoms with Crippen LogP contribution in [0.5, 0.6) is 0 Å². The molecule has 1 aliphatic carbocycles. The number of aliphatic hydroxyl groups is 1. The fourth-order valence-corrected chi connectivity index (χ4v) is 2.90. The highest BCUT2D eigenvalue weighted by molar-refractivity contribution is 4.81. The maximum Gasteiger partial charge on any atom is 0.0571 e. The molecule has 0 radical (unpaired) electrons. The molecular formula is C13H26O. The van der Waals surface area contributed by atoms with Crippen LogP contribution < -0.4 is 0 Å². The van der Waals surface area contributed by atoms with E-state index in [-0.39, 0.29) is 6.10 Å². The van der Waals surface area contributed by atoms with Gasteiger partial charge in [0.25, 0.3) is 0 Å². The summed E-state index contributed by atoms with van der Waals surface area (Å²) < 4.78 is 0. The highest BCUT2D eigenvalue weighted by atomic mass is 16.3. The first-order valence-corrected chi connectivity index (χ1v) is 6.47. The predicted molar refractivity (Wildman–Crippen MR) is 61.3 cm³/mol. The minimum Gasteiger partial charge on any atom is -0.393 e. The molecule has 1 rings (SSSR count). The Balaban J connectivity index is 2.29. The van der Waals surface area contributed by atoms with Gasteiger partial charge >= 0.3 is 0 Å². The van der Waals surface area contributed by atoms with Crippen molar-refractivity contribution < 1.29 is 5.11 Å². The summed E-state index contributed by atoms with van der Waals surface area (Å²) in [6.45, 7) is 4.53. The summed E-state index contributed by atoms with van der Waals surface area (Å²) in [6, 6.07) is 0. The zero-order valence-electron chi connectivity index (χ0n) is 9.84. The first-order chi connectivity index (χ1) is 6.79. The molecule has 0 spiro atoms. The van der Waals surface area contributed by atoms with E-state index in [0.29, 0.717) is 5.92 Å². The maximum absolute atomic E-state index is 9.85. The summed E-state index contributed by atoms with van der Waals surface area (Å²) >= 11 is 0. The second kappa shape index (κ2) is 6.44. The number of aliphatic hydroxyl groups excluding tert-OH is 1. The molecule has 1 saturated carbocycles. The highest BCUT2D eigenvalue weighted by Crippen LogP contribution is 2.36. The second-order valence-electron chi connectivity index (χ2n) is 4.83. The summed E-state index contributed by atoms with van der Waals surface area (Å²) in [7, 11) is 0. The van der Waals surface area contributed by atoms with Crippen LogP contribution in [0.1, 0.15) is 65.2 Å². The molecular weight excluding hydrogens is 172 g/mol. The quantitative estimate of drug-likeness (QED) is 0.644. The molecule has 14 heavy (non-hydrogen) atoms. The van der Waals surface area contributed by atoms with Gasteiger partial charge in [-0.25, -0.2) is 0 Å². The molecule has 1 fully saturated rings. The van der Waals surface area contributed by atoms with Crippen LogP contribution in [0.2, 0.25) is 0 Å². The zero-order valence-corrected chi connectivity index (χ0v) is 9.84. The molecule has 0 aromatic rings. The lowest BCUT2D eigenvalue weighted by Gasteiger charge is -2.25. The number of rotatable bonds is 6. The van der Waals surface area contributed by atoms with Gasteiger partial charge in [-0.05, 0) is 24.7 Å². The molecule has 1 aliphatic rings. The van der Waals surface area contributed by atoms with Crippen LogP contribution in [0.25, 0.3) is 0 Å². The van der Waals surface area contributed by atoms with E-state index in [1.54, 1.807) is 0 Å². The van der Waals surface area contributed by atoms with Crippen LogP contribution in [-0.2, 0) is 0 Å². The van der Waals surface area contributed by atoms with Crippen LogP contribution in [0, 0.1) is 11.8 Å². The van der Waals surface area contributed by atoms with Crippen molar-refractivity contribution in [3.05, 3.63) is 0 Å². The summed E-state index contributed by atoms with van der Waals surface area (Å²) in [6.07, 6.45) is 10.2. The van der Waals surface area contributed by atoms with Gasteiger partial charge in [0.15, 0.2) is 0 Å². The number of hydrogen-bond acceptors (Lipinski definition) is 1. The van der Waals surface area contributed by atoms with Crippen LogP contribution >= 0.6 is 0 Å². The third kappa shape index (κ3) is 3.27. The molecule has 0 aliphatic heterocycles. The molecule has 0 amide bonds. The molecule has 0 heterocycles. The fourth-order valence-electron chi connectivity index (χ4n) is 2.90. The largest absolute Gasteiger partial charge is 0.393 e. The van der Waals surface area contributed by atoms with Crippen LogP contribution in [0.4, 0.5) is 0 Å². The third-order valence-corrected chi connectivity index (χ3v) is 3.84. The van der Waals surface area contributed by atoms with E-state index in [1.165, 1.54) is 44.9 Å². The van der Waals surface area contributed by atoms with Gasteiger partial charge in [-0.1, -0.05) is 52.4 Å². The van der Waals surface area contributed by atoms with E-state index in [2.05, 4.69) is 13.8 Å². The molecule has 0 bridgehead atoms. The van der Waals surface area contributed by atoms with Crippen molar-refractivity contribution in [2.45, 2.75) is 71.3 Å². The topological polar surface area (TPSA) is 20.2 Å². The predicted octanol–water partition coefficient (Wildman–Crippen LogP) is 3.75. The lowest BCUT2D eigenvalue weighted by molar-refractivity contribution is 0.0919. The Labute approximate surface area is 88.9 Å². The van der Waals surface area contributed by atoms with Crippen LogP contribution in [0.3, 0.4) is 0 Å². The fraction of sp³-hybridized carbons (Fsp3) is 1.00. The van der Waals surface area contributed by atoms with E-state index in [0.717, 1.165) is 12.3 Å². The summed E-state index contributed by atoms with van der Waals surface area (Å²) in [5.41, 5.74) is 0. The normalized spacial score (nSPS) is 29.4. The SMILES string of the molecule is CCCCC[C@@H](CC)[C@H]1CCC[C@@H]1O. The minimum absolute atomic E-state index is 0.0153. The minimum atomic E-state index is 0.0153. The molecule has 0 aromatic heterocycles. The highest BCUT2D eigenvalue weighted by Gasteiger charge is 2.30. The van der Waals surface area contributed by atoms with Crippen molar-refractivity contribution in [1.29, 1.82) is 0 Å². The van der Waals surface area contributed by atoms with Gasteiger partial charge in [-0.2, -0.15) is 0 Å². The van der Waals surface area contributed by atoms with Crippen LogP contribution in [0.15, 0.2) is 0 Å². The summed E-state index contributed by atoms with van der Waals surface area (Å²) in [4.78, 5) is 0. The Morgan fingerprint density at radius 3 is 2.50 bits per heavy atom. The van der Waals surface area contributed by atoms with Gasteiger partial charge < -0.3 is 5.11 Å². The van der Waals surface area contributed by atoms with Gasteiger partial charge in [0.2, 0.25) is 0 Å². The molecule has 0 saturated heterocycles. The smallest absolute Gasteiger partial charge is 0.0571 e. The Kier molecular flexibility index (Phi) is 5.54. The van der Waals surface area contributed by atoms with Crippen LogP contribution in [-0.4, -0.2) is 11.2 Å². The van der Waals surface area contributed by atoms with E-state index in [9.17, 15) is 5.11 Å². The van der Waals surface area contributed by atoms with Crippen molar-refractivity contribution in [1.82, 2.24) is 0 Å². The van der Waals surface area contributed by atoms with E-state index < -0.39 is 0 Å². The van der Waals surface area contributed by atoms with Gasteiger partial charge in [-0.15, -0.1) is 0 Å². The van der Waals surface area contributed by atoms with Crippen molar-refractivity contribution in [3.8, 4) is 0 Å². The zero-order chi connectivity index (χ0) is 10.4. The van der Waals surface area contributed by atoms with Crippen molar-refractivity contribution in [2.75, 3.05) is 0 Å². The average molecular weight is 198 g/mol. The maximum atomic E-state index is 9.85. The molecule has 1 nitrogen and oxygen atoms in total. The summed E-state index contributed by atoms with van der Waals surface area (Å²) in [5.74, 6) is 1.41. The number of hydrogen-bond donors (Lipinski definition) is 1. The van der Waals surface area contributed by atoms with Crippen molar-refractivity contribution in [2.24, 2.45) is 11.8 Å². The van der Waals surface area contributed by atoms with E-state index in [4.69, 9.17) is 0 Å². The van der Waals surface area contributed by atoms with Gasteiger partial charge in [0.1, 0.15) is 0 Å². The van der Waals surface area contributed by atoms with Gasteiger partial charge in [-0.3, -0.25) is 0 Å². The summed E-state index contributed by atoms with van der Waals surface area (Å²) in [5, 5.41) is 9.85. The van der Waals surface area contributed by atoms with E-state index >= 15 is 0 Å². The van der Waals surface area contributed by atoms with Gasteiger partial charge in [0.05, 0.1) is 6.10 Å². The Hall–Kier alpha value is -0.0400. The monoisotopic (exact) mass is 198 g/mol. The average Bonchev–Trinajstić information content (AvgIpc) is 2.60.